The molecular formula is C35H36Cl2Ti. The van der Waals surface area contributed by atoms with E-state index in [9.17, 15) is 0 Å². The fraction of sp³-hybridized carbons (Fsp3) is 0.314. The molecule has 1 saturated heterocycles. The maximum absolute atomic E-state index is 2.65. The Bertz CT molecular complexity index is 1450. The van der Waals surface area contributed by atoms with Crippen LogP contribution < -0.4 is 24.8 Å². The molecule has 38 heavy (non-hydrogen) atoms. The first kappa shape index (κ1) is 27.7. The Hall–Kier alpha value is -1.83. The van der Waals surface area contributed by atoms with Crippen molar-refractivity contribution < 1.29 is 41.4 Å². The van der Waals surface area contributed by atoms with Gasteiger partial charge in [0.2, 0.25) is 0 Å². The summed E-state index contributed by atoms with van der Waals surface area (Å²) in [6.45, 7) is 4.75. The molecule has 0 nitrogen and oxygen atoms in total. The molecule has 0 spiro atoms. The van der Waals surface area contributed by atoms with Gasteiger partial charge in [0.25, 0.3) is 0 Å². The van der Waals surface area contributed by atoms with Crippen LogP contribution in [0.3, 0.4) is 0 Å². The third-order valence-corrected chi connectivity index (χ3v) is 19.3. The molecular weight excluding hydrogens is 539 g/mol. The van der Waals surface area contributed by atoms with Gasteiger partial charge in [0.15, 0.2) is 0 Å². The Morgan fingerprint density at radius 3 is 1.45 bits per heavy atom. The molecule has 3 heteroatoms. The SMILES string of the molecule is CCCC1=Cc2c(ccc3ccccc23)[CH]1[Ti+2]1([CH]2C(CCC)=Cc3c2ccc2ccccc32)[CH2]C[CH2]1.[Cl-].[Cl-]. The molecule has 2 atom stereocenters. The van der Waals surface area contributed by atoms with Gasteiger partial charge in [0.1, 0.15) is 0 Å². The van der Waals surface area contributed by atoms with Gasteiger partial charge >= 0.3 is 220 Å². The van der Waals surface area contributed by atoms with Gasteiger partial charge in [0, 0.05) is 0 Å². The van der Waals surface area contributed by atoms with Gasteiger partial charge in [-0.2, -0.15) is 0 Å². The number of hydrogen-bond acceptors (Lipinski definition) is 0. The summed E-state index contributed by atoms with van der Waals surface area (Å²) in [5.41, 5.74) is 10.0. The summed E-state index contributed by atoms with van der Waals surface area (Å²) < 4.78 is 4.49. The van der Waals surface area contributed by atoms with Crippen molar-refractivity contribution in [3.63, 3.8) is 0 Å². The van der Waals surface area contributed by atoms with E-state index in [1.165, 1.54) is 63.1 Å². The molecule has 1 heterocycles. The maximum atomic E-state index is 2.65. The number of allylic oxidation sites excluding steroid dienone is 2. The van der Waals surface area contributed by atoms with Crippen LogP contribution in [0.25, 0.3) is 33.7 Å². The minimum atomic E-state index is -2.39. The van der Waals surface area contributed by atoms with E-state index in [0.29, 0.717) is 0 Å². The molecule has 1 aliphatic heterocycles. The Labute approximate surface area is 243 Å². The van der Waals surface area contributed by atoms with E-state index in [1.54, 1.807) is 33.4 Å². The minimum Gasteiger partial charge on any atom is -1.00 e. The van der Waals surface area contributed by atoms with E-state index >= 15 is 0 Å². The van der Waals surface area contributed by atoms with Crippen LogP contribution in [0.5, 0.6) is 0 Å². The van der Waals surface area contributed by atoms with Crippen LogP contribution in [0.15, 0.2) is 83.9 Å². The van der Waals surface area contributed by atoms with Crippen LogP contribution in [-0.4, -0.2) is 0 Å². The van der Waals surface area contributed by atoms with Crippen LogP contribution in [0.2, 0.25) is 9.45 Å². The first-order valence-electron chi connectivity index (χ1n) is 14.2. The topological polar surface area (TPSA) is 0 Å². The smallest absolute Gasteiger partial charge is 1.00 e. The molecule has 0 aromatic heterocycles. The molecule has 0 bridgehead atoms. The van der Waals surface area contributed by atoms with Crippen LogP contribution in [0.4, 0.5) is 0 Å². The Balaban J connectivity index is 0.00000147. The van der Waals surface area contributed by atoms with Gasteiger partial charge in [-0.15, -0.1) is 0 Å². The second-order valence-electron chi connectivity index (χ2n) is 11.5. The van der Waals surface area contributed by atoms with Crippen molar-refractivity contribution in [1.82, 2.24) is 0 Å². The summed E-state index contributed by atoms with van der Waals surface area (Å²) in [5, 5.41) is 5.71. The van der Waals surface area contributed by atoms with Crippen molar-refractivity contribution in [3.05, 3.63) is 106 Å². The molecule has 4 aromatic rings. The van der Waals surface area contributed by atoms with Crippen molar-refractivity contribution >= 4 is 33.7 Å². The van der Waals surface area contributed by atoms with E-state index in [1.807, 2.05) is 0 Å². The minimum absolute atomic E-state index is 0. The van der Waals surface area contributed by atoms with Crippen molar-refractivity contribution in [1.29, 1.82) is 0 Å². The number of benzene rings is 4. The van der Waals surface area contributed by atoms with E-state index in [4.69, 9.17) is 0 Å². The third kappa shape index (κ3) is 4.07. The van der Waals surface area contributed by atoms with Crippen molar-refractivity contribution in [2.45, 2.75) is 63.8 Å². The molecule has 7 rings (SSSR count). The van der Waals surface area contributed by atoms with Gasteiger partial charge in [-0.3, -0.25) is 0 Å². The maximum Gasteiger partial charge on any atom is -1.00 e. The van der Waals surface area contributed by atoms with Gasteiger partial charge in [0.05, 0.1) is 0 Å². The molecule has 0 radical (unpaired) electrons. The Morgan fingerprint density at radius 1 is 0.605 bits per heavy atom. The summed E-state index contributed by atoms with van der Waals surface area (Å²) in [6, 6.07) is 28.0. The van der Waals surface area contributed by atoms with Crippen LogP contribution in [0.1, 0.15) is 76.7 Å². The zero-order valence-electron chi connectivity index (χ0n) is 22.4. The summed E-state index contributed by atoms with van der Waals surface area (Å²) in [6.07, 6.45) is 11.7. The van der Waals surface area contributed by atoms with Gasteiger partial charge in [-0.05, 0) is 0 Å². The molecule has 1 fully saturated rings. The van der Waals surface area contributed by atoms with Crippen LogP contribution >= 0.6 is 0 Å². The predicted molar refractivity (Wildman–Crippen MR) is 153 cm³/mol. The third-order valence-electron chi connectivity index (χ3n) is 9.54. The number of hydrogen-bond donors (Lipinski definition) is 0. The number of fused-ring (bicyclic) bond motifs is 6. The molecule has 0 N–H and O–H groups in total. The standard InChI is InChI=1S/2C16H15.C3H6.2ClH.Ti/c2*1-2-5-12-10-14-9-8-13-6-3-4-7-15(13)16(14)11-12;1-3-2;;;/h2*3-4,6-11H,2,5H2,1H3;1-3H2;2*1H;/q;;;;;+2/p-2. The van der Waals surface area contributed by atoms with Gasteiger partial charge < -0.3 is 24.8 Å². The molecule has 3 aliphatic rings. The summed E-state index contributed by atoms with van der Waals surface area (Å²) in [5.74, 6) is 0. The molecule has 4 aromatic carbocycles. The monoisotopic (exact) mass is 574 g/mol. The molecule has 0 amide bonds. The fourth-order valence-electron chi connectivity index (χ4n) is 8.08. The van der Waals surface area contributed by atoms with Crippen molar-refractivity contribution in [2.75, 3.05) is 0 Å². The van der Waals surface area contributed by atoms with E-state index in [-0.39, 0.29) is 24.8 Å². The van der Waals surface area contributed by atoms with Gasteiger partial charge in [-0.25, -0.2) is 0 Å². The Morgan fingerprint density at radius 2 is 1.05 bits per heavy atom. The average molecular weight is 575 g/mol. The largest absolute Gasteiger partial charge is 1.00 e. The first-order chi connectivity index (χ1) is 17.7. The molecule has 194 valence electrons. The van der Waals surface area contributed by atoms with E-state index < -0.39 is 16.6 Å². The molecule has 2 aliphatic carbocycles. The van der Waals surface area contributed by atoms with Crippen LogP contribution in [0, 0.1) is 0 Å². The summed E-state index contributed by atoms with van der Waals surface area (Å²) >= 11 is -2.39. The predicted octanol–water partition coefficient (Wildman–Crippen LogP) is 4.57. The van der Waals surface area contributed by atoms with Crippen molar-refractivity contribution in [3.8, 4) is 0 Å². The average Bonchev–Trinajstić information content (AvgIpc) is 3.44. The normalized spacial score (nSPS) is 19.7. The zero-order chi connectivity index (χ0) is 24.3. The zero-order valence-corrected chi connectivity index (χ0v) is 25.5. The summed E-state index contributed by atoms with van der Waals surface area (Å²) in [4.78, 5) is 0. The summed E-state index contributed by atoms with van der Waals surface area (Å²) in [7, 11) is 0. The molecule has 0 saturated carbocycles. The Kier molecular flexibility index (Phi) is 8.01. The van der Waals surface area contributed by atoms with Crippen molar-refractivity contribution in [2.24, 2.45) is 0 Å². The second kappa shape index (κ2) is 11.0. The number of rotatable bonds is 6. The van der Waals surface area contributed by atoms with E-state index in [0.717, 1.165) is 8.45 Å². The first-order valence-corrected chi connectivity index (χ1v) is 18.2. The van der Waals surface area contributed by atoms with Crippen LogP contribution in [-0.2, 0) is 16.6 Å². The quantitative estimate of drug-likeness (QED) is 0.296. The van der Waals surface area contributed by atoms with E-state index in [2.05, 4.69) is 98.8 Å². The fourth-order valence-corrected chi connectivity index (χ4v) is 18.0. The number of halogens is 2. The van der Waals surface area contributed by atoms with Gasteiger partial charge in [-0.1, -0.05) is 0 Å². The molecule has 2 unspecified atom stereocenters. The second-order valence-corrected chi connectivity index (χ2v) is 18.7.